The molecular formula is C10H11Cl2N3S. The normalized spacial score (nSPS) is 16.9. The molecule has 1 aromatic carbocycles. The molecule has 6 heteroatoms. The number of anilines is 1. The van der Waals surface area contributed by atoms with Gasteiger partial charge in [0, 0.05) is 11.1 Å². The first-order valence-corrected chi connectivity index (χ1v) is 6.40. The van der Waals surface area contributed by atoms with Gasteiger partial charge >= 0.3 is 0 Å². The van der Waals surface area contributed by atoms with E-state index < -0.39 is 0 Å². The Morgan fingerprint density at radius 3 is 2.75 bits per heavy atom. The molecule has 0 atom stereocenters. The third-order valence-electron chi connectivity index (χ3n) is 1.91. The monoisotopic (exact) mass is 275 g/mol. The lowest BCUT2D eigenvalue weighted by atomic mass is 10.3. The van der Waals surface area contributed by atoms with Crippen molar-refractivity contribution in [2.75, 3.05) is 5.32 Å². The third-order valence-corrected chi connectivity index (χ3v) is 3.26. The van der Waals surface area contributed by atoms with E-state index in [1.807, 2.05) is 19.9 Å². The molecule has 0 spiro atoms. The quantitative estimate of drug-likeness (QED) is 0.766. The maximum absolute atomic E-state index is 6.11. The number of rotatable bonds is 1. The van der Waals surface area contributed by atoms with E-state index in [1.54, 1.807) is 6.07 Å². The Balaban J connectivity index is 2.34. The predicted octanol–water partition coefficient (Wildman–Crippen LogP) is 3.78. The minimum absolute atomic E-state index is 0.225. The molecule has 0 amide bonds. The molecule has 0 bridgehead atoms. The zero-order chi connectivity index (χ0) is 11.7. The number of halogens is 2. The minimum Gasteiger partial charge on any atom is -0.323 e. The third kappa shape index (κ3) is 2.56. The van der Waals surface area contributed by atoms with E-state index in [9.17, 15) is 0 Å². The second kappa shape index (κ2) is 4.73. The summed E-state index contributed by atoms with van der Waals surface area (Å²) < 4.78 is 3.10. The summed E-state index contributed by atoms with van der Waals surface area (Å²) in [5.74, 6) is 0.719. The molecule has 86 valence electrons. The molecule has 0 saturated carbocycles. The van der Waals surface area contributed by atoms with Crippen LogP contribution in [-0.2, 0) is 0 Å². The lowest BCUT2D eigenvalue weighted by Crippen LogP contribution is -2.30. The molecule has 0 fully saturated rings. The molecule has 0 aliphatic carbocycles. The van der Waals surface area contributed by atoms with Crippen LogP contribution in [0.1, 0.15) is 13.8 Å². The van der Waals surface area contributed by atoms with Crippen LogP contribution in [0.5, 0.6) is 0 Å². The van der Waals surface area contributed by atoms with E-state index >= 15 is 0 Å². The van der Waals surface area contributed by atoms with Crippen molar-refractivity contribution in [2.45, 2.75) is 24.8 Å². The lowest BCUT2D eigenvalue weighted by molar-refractivity contribution is 0.831. The van der Waals surface area contributed by atoms with Crippen LogP contribution in [-0.4, -0.2) is 12.0 Å². The topological polar surface area (TPSA) is 36.4 Å². The molecule has 0 aromatic heterocycles. The van der Waals surface area contributed by atoms with Crippen LogP contribution in [0.15, 0.2) is 22.0 Å². The smallest absolute Gasteiger partial charge is 0.206 e. The first-order valence-electron chi connectivity index (χ1n) is 4.83. The summed E-state index contributed by atoms with van der Waals surface area (Å²) in [6, 6.07) is 3.80. The Morgan fingerprint density at radius 1 is 1.31 bits per heavy atom. The largest absolute Gasteiger partial charge is 0.323 e. The first-order chi connectivity index (χ1) is 7.56. The molecule has 2 rings (SSSR count). The summed E-state index contributed by atoms with van der Waals surface area (Å²) in [6.07, 6.45) is 0. The SMILES string of the molecule is CC(C)N=C1NSc2cc(Cl)cc(Cl)c2N1. The van der Waals surface area contributed by atoms with Crippen LogP contribution >= 0.6 is 35.1 Å². The second-order valence-electron chi connectivity index (χ2n) is 3.66. The molecule has 3 nitrogen and oxygen atoms in total. The molecular weight excluding hydrogens is 265 g/mol. The first kappa shape index (κ1) is 11.9. The van der Waals surface area contributed by atoms with Gasteiger partial charge in [-0.3, -0.25) is 4.72 Å². The van der Waals surface area contributed by atoms with Gasteiger partial charge in [-0.1, -0.05) is 23.2 Å². The van der Waals surface area contributed by atoms with Crippen molar-refractivity contribution in [3.05, 3.63) is 22.2 Å². The van der Waals surface area contributed by atoms with Crippen molar-refractivity contribution >= 4 is 46.8 Å². The van der Waals surface area contributed by atoms with Gasteiger partial charge in [0.05, 0.1) is 15.6 Å². The number of hydrogen-bond acceptors (Lipinski definition) is 2. The van der Waals surface area contributed by atoms with Gasteiger partial charge in [0.25, 0.3) is 0 Å². The van der Waals surface area contributed by atoms with Gasteiger partial charge in [0.2, 0.25) is 5.96 Å². The molecule has 0 unspecified atom stereocenters. The van der Waals surface area contributed by atoms with E-state index in [-0.39, 0.29) is 6.04 Å². The van der Waals surface area contributed by atoms with Gasteiger partial charge < -0.3 is 5.32 Å². The van der Waals surface area contributed by atoms with E-state index in [0.29, 0.717) is 10.0 Å². The van der Waals surface area contributed by atoms with Crippen molar-refractivity contribution in [1.82, 2.24) is 4.72 Å². The molecule has 0 saturated heterocycles. The van der Waals surface area contributed by atoms with Gasteiger partial charge in [-0.2, -0.15) is 0 Å². The molecule has 1 aliphatic rings. The van der Waals surface area contributed by atoms with Crippen molar-refractivity contribution in [3.8, 4) is 0 Å². The Labute approximate surface area is 109 Å². The number of hydrogen-bond donors (Lipinski definition) is 2. The molecule has 1 aliphatic heterocycles. The average Bonchev–Trinajstić information content (AvgIpc) is 2.18. The molecule has 2 N–H and O–H groups in total. The van der Waals surface area contributed by atoms with Gasteiger partial charge in [0.15, 0.2) is 0 Å². The number of guanidine groups is 1. The maximum atomic E-state index is 6.11. The summed E-state index contributed by atoms with van der Waals surface area (Å²) >= 11 is 13.5. The van der Waals surface area contributed by atoms with Crippen LogP contribution in [0.3, 0.4) is 0 Å². The zero-order valence-corrected chi connectivity index (χ0v) is 11.2. The van der Waals surface area contributed by atoms with Crippen molar-refractivity contribution in [1.29, 1.82) is 0 Å². The Morgan fingerprint density at radius 2 is 2.06 bits per heavy atom. The zero-order valence-electron chi connectivity index (χ0n) is 8.84. The standard InChI is InChI=1S/C10H11Cl2N3S/c1-5(2)13-10-14-9-7(12)3-6(11)4-8(9)16-15-10/h3-5H,1-2H3,(H2,13,14,15). The highest BCUT2D eigenvalue weighted by molar-refractivity contribution is 7.98. The average molecular weight is 276 g/mol. The Hall–Kier alpha value is -0.580. The molecule has 1 aromatic rings. The van der Waals surface area contributed by atoms with Crippen molar-refractivity contribution < 1.29 is 0 Å². The van der Waals surface area contributed by atoms with Crippen LogP contribution < -0.4 is 10.0 Å². The fourth-order valence-electron chi connectivity index (χ4n) is 1.32. The van der Waals surface area contributed by atoms with E-state index in [2.05, 4.69) is 15.0 Å². The lowest BCUT2D eigenvalue weighted by Gasteiger charge is -2.22. The summed E-state index contributed by atoms with van der Waals surface area (Å²) in [6.45, 7) is 4.03. The number of benzene rings is 1. The van der Waals surface area contributed by atoms with Gasteiger partial charge in [-0.05, 0) is 37.9 Å². The number of nitrogens with zero attached hydrogens (tertiary/aromatic N) is 1. The Kier molecular flexibility index (Phi) is 3.52. The van der Waals surface area contributed by atoms with Crippen LogP contribution in [0, 0.1) is 0 Å². The van der Waals surface area contributed by atoms with Gasteiger partial charge in [-0.25, -0.2) is 4.99 Å². The number of aliphatic imine (C=N–C) groups is 1. The maximum Gasteiger partial charge on any atom is 0.206 e. The van der Waals surface area contributed by atoms with Gasteiger partial charge in [-0.15, -0.1) is 0 Å². The highest BCUT2D eigenvalue weighted by atomic mass is 35.5. The fraction of sp³-hybridized carbons (Fsp3) is 0.300. The van der Waals surface area contributed by atoms with Crippen LogP contribution in [0.2, 0.25) is 10.0 Å². The van der Waals surface area contributed by atoms with Gasteiger partial charge in [0.1, 0.15) is 0 Å². The number of fused-ring (bicyclic) bond motifs is 1. The molecule has 16 heavy (non-hydrogen) atoms. The van der Waals surface area contributed by atoms with Crippen molar-refractivity contribution in [3.63, 3.8) is 0 Å². The summed E-state index contributed by atoms with van der Waals surface area (Å²) in [4.78, 5) is 5.35. The minimum atomic E-state index is 0.225. The van der Waals surface area contributed by atoms with E-state index in [1.165, 1.54) is 11.9 Å². The highest BCUT2D eigenvalue weighted by Gasteiger charge is 2.17. The second-order valence-corrected chi connectivity index (χ2v) is 5.35. The van der Waals surface area contributed by atoms with E-state index in [4.69, 9.17) is 23.2 Å². The summed E-state index contributed by atoms with van der Waals surface area (Å²) in [7, 11) is 0. The predicted molar refractivity (Wildman–Crippen MR) is 71.6 cm³/mol. The number of nitrogens with one attached hydrogen (secondary N) is 2. The van der Waals surface area contributed by atoms with Crippen molar-refractivity contribution in [2.24, 2.45) is 4.99 Å². The highest BCUT2D eigenvalue weighted by Crippen LogP contribution is 2.37. The van der Waals surface area contributed by atoms with Crippen LogP contribution in [0.4, 0.5) is 5.69 Å². The van der Waals surface area contributed by atoms with E-state index in [0.717, 1.165) is 16.5 Å². The van der Waals surface area contributed by atoms with Crippen LogP contribution in [0.25, 0.3) is 0 Å². The fourth-order valence-corrected chi connectivity index (χ4v) is 2.74. The Bertz CT molecular complexity index is 446. The molecule has 1 heterocycles. The summed E-state index contributed by atoms with van der Waals surface area (Å²) in [5, 5.41) is 4.38. The molecule has 0 radical (unpaired) electrons. The summed E-state index contributed by atoms with van der Waals surface area (Å²) in [5.41, 5.74) is 0.856.